The van der Waals surface area contributed by atoms with Crippen LogP contribution >= 0.6 is 0 Å². The molecule has 26 heavy (non-hydrogen) atoms. The number of carbonyl (C=O) groups excluding carboxylic acids is 1. The molecule has 0 saturated carbocycles. The van der Waals surface area contributed by atoms with Crippen LogP contribution in [0.2, 0.25) is 0 Å². The van der Waals surface area contributed by atoms with Crippen LogP contribution in [-0.4, -0.2) is 31.2 Å². The number of aliphatic carboxylic acids is 1. The smallest absolute Gasteiger partial charge is 0.305 e. The van der Waals surface area contributed by atoms with E-state index in [1.807, 2.05) is 0 Å². The van der Waals surface area contributed by atoms with Crippen LogP contribution in [0.15, 0.2) is 42.5 Å². The molecule has 2 rings (SSSR count). The number of carboxylic acid groups (broad SMARTS) is 1. The zero-order chi connectivity index (χ0) is 19.1. The standard InChI is InChI=1S/C19H20FNO5/c1-25-13-7-8-14(17(10-13)26-2)16(11-19(23)24)21-18(22)9-12-5-3-4-6-15(12)20/h3-8,10,16H,9,11H2,1-2H3,(H,21,22)(H,23,24). The van der Waals surface area contributed by atoms with Crippen molar-refractivity contribution < 1.29 is 28.6 Å². The van der Waals surface area contributed by atoms with Gasteiger partial charge in [0.05, 0.1) is 33.1 Å². The van der Waals surface area contributed by atoms with Gasteiger partial charge in [-0.3, -0.25) is 9.59 Å². The number of benzene rings is 2. The SMILES string of the molecule is COc1ccc(C(CC(=O)O)NC(=O)Cc2ccccc2F)c(OC)c1. The Morgan fingerprint density at radius 3 is 2.50 bits per heavy atom. The van der Waals surface area contributed by atoms with Gasteiger partial charge in [0, 0.05) is 11.6 Å². The Balaban J connectivity index is 2.23. The largest absolute Gasteiger partial charge is 0.497 e. The lowest BCUT2D eigenvalue weighted by atomic mass is 10.0. The second kappa shape index (κ2) is 8.84. The summed E-state index contributed by atoms with van der Waals surface area (Å²) in [5.74, 6) is -1.13. The number of hydrogen-bond acceptors (Lipinski definition) is 4. The summed E-state index contributed by atoms with van der Waals surface area (Å²) < 4.78 is 24.1. The van der Waals surface area contributed by atoms with Gasteiger partial charge in [0.25, 0.3) is 0 Å². The topological polar surface area (TPSA) is 84.9 Å². The molecule has 1 atom stereocenters. The van der Waals surface area contributed by atoms with Gasteiger partial charge in [0.2, 0.25) is 5.91 Å². The molecule has 0 aliphatic carbocycles. The lowest BCUT2D eigenvalue weighted by molar-refractivity contribution is -0.137. The molecule has 0 heterocycles. The number of halogens is 1. The van der Waals surface area contributed by atoms with E-state index >= 15 is 0 Å². The zero-order valence-electron chi connectivity index (χ0n) is 14.5. The molecule has 7 heteroatoms. The fraction of sp³-hybridized carbons (Fsp3) is 0.263. The first-order valence-corrected chi connectivity index (χ1v) is 7.91. The Morgan fingerprint density at radius 1 is 1.15 bits per heavy atom. The molecule has 0 aromatic heterocycles. The van der Waals surface area contributed by atoms with Crippen molar-refractivity contribution in [3.8, 4) is 11.5 Å². The molecule has 2 aromatic carbocycles. The third-order valence-corrected chi connectivity index (χ3v) is 3.84. The second-order valence-electron chi connectivity index (χ2n) is 5.59. The van der Waals surface area contributed by atoms with Gasteiger partial charge in [-0.1, -0.05) is 18.2 Å². The lowest BCUT2D eigenvalue weighted by Gasteiger charge is -2.20. The fourth-order valence-corrected chi connectivity index (χ4v) is 2.58. The van der Waals surface area contributed by atoms with E-state index < -0.39 is 23.7 Å². The highest BCUT2D eigenvalue weighted by Gasteiger charge is 2.22. The lowest BCUT2D eigenvalue weighted by Crippen LogP contribution is -2.31. The molecule has 0 aliphatic rings. The molecule has 6 nitrogen and oxygen atoms in total. The zero-order valence-corrected chi connectivity index (χ0v) is 14.5. The fourth-order valence-electron chi connectivity index (χ4n) is 2.58. The van der Waals surface area contributed by atoms with Gasteiger partial charge < -0.3 is 19.9 Å². The van der Waals surface area contributed by atoms with Crippen LogP contribution in [0.25, 0.3) is 0 Å². The van der Waals surface area contributed by atoms with Gasteiger partial charge in [-0.2, -0.15) is 0 Å². The predicted octanol–water partition coefficient (Wildman–Crippen LogP) is 2.72. The molecule has 0 radical (unpaired) electrons. The average Bonchev–Trinajstić information content (AvgIpc) is 2.62. The summed E-state index contributed by atoms with van der Waals surface area (Å²) in [6, 6.07) is 10.0. The first kappa shape index (κ1) is 19.2. The summed E-state index contributed by atoms with van der Waals surface area (Å²) in [6.07, 6.45) is -0.535. The van der Waals surface area contributed by atoms with Crippen LogP contribution in [0.3, 0.4) is 0 Å². The maximum absolute atomic E-state index is 13.7. The highest BCUT2D eigenvalue weighted by molar-refractivity contribution is 5.80. The Bertz CT molecular complexity index is 793. The minimum absolute atomic E-state index is 0.193. The van der Waals surface area contributed by atoms with Crippen molar-refractivity contribution in [2.24, 2.45) is 0 Å². The molecular weight excluding hydrogens is 341 g/mol. The summed E-state index contributed by atoms with van der Waals surface area (Å²) in [5, 5.41) is 11.8. The van der Waals surface area contributed by atoms with E-state index in [4.69, 9.17) is 9.47 Å². The highest BCUT2D eigenvalue weighted by Crippen LogP contribution is 2.31. The molecule has 138 valence electrons. The first-order chi connectivity index (χ1) is 12.4. The molecule has 2 N–H and O–H groups in total. The highest BCUT2D eigenvalue weighted by atomic mass is 19.1. The van der Waals surface area contributed by atoms with Crippen LogP contribution < -0.4 is 14.8 Å². The molecular formula is C19H20FNO5. The van der Waals surface area contributed by atoms with Crippen molar-refractivity contribution in [3.05, 3.63) is 59.4 Å². The van der Waals surface area contributed by atoms with Gasteiger partial charge >= 0.3 is 5.97 Å². The van der Waals surface area contributed by atoms with Crippen LogP contribution in [-0.2, 0) is 16.0 Å². The van der Waals surface area contributed by atoms with Gasteiger partial charge in [-0.25, -0.2) is 4.39 Å². The maximum Gasteiger partial charge on any atom is 0.305 e. The average molecular weight is 361 g/mol. The molecule has 0 bridgehead atoms. The number of carbonyl (C=O) groups is 2. The second-order valence-corrected chi connectivity index (χ2v) is 5.59. The summed E-state index contributed by atoms with van der Waals surface area (Å²) in [7, 11) is 2.94. The maximum atomic E-state index is 13.7. The molecule has 0 spiro atoms. The molecule has 0 saturated heterocycles. The number of nitrogens with one attached hydrogen (secondary N) is 1. The van der Waals surface area contributed by atoms with Crippen LogP contribution in [0.4, 0.5) is 4.39 Å². The van der Waals surface area contributed by atoms with Crippen LogP contribution in [0.5, 0.6) is 11.5 Å². The number of rotatable bonds is 8. The summed E-state index contributed by atoms with van der Waals surface area (Å²) in [5.41, 5.74) is 0.735. The molecule has 0 fully saturated rings. The minimum atomic E-state index is -1.08. The summed E-state index contributed by atoms with van der Waals surface area (Å²) >= 11 is 0. The van der Waals surface area contributed by atoms with Crippen molar-refractivity contribution in [1.82, 2.24) is 5.32 Å². The van der Waals surface area contributed by atoms with Gasteiger partial charge in [0.15, 0.2) is 0 Å². The van der Waals surface area contributed by atoms with E-state index in [2.05, 4.69) is 5.32 Å². The minimum Gasteiger partial charge on any atom is -0.497 e. The normalized spacial score (nSPS) is 11.5. The number of amides is 1. The van der Waals surface area contributed by atoms with E-state index in [1.165, 1.54) is 32.4 Å². The van der Waals surface area contributed by atoms with Gasteiger partial charge in [-0.05, 0) is 23.8 Å². The van der Waals surface area contributed by atoms with E-state index in [-0.39, 0.29) is 18.4 Å². The third kappa shape index (κ3) is 4.95. The first-order valence-electron chi connectivity index (χ1n) is 7.91. The number of hydrogen-bond donors (Lipinski definition) is 2. The van der Waals surface area contributed by atoms with Crippen molar-refractivity contribution in [2.45, 2.75) is 18.9 Å². The number of methoxy groups -OCH3 is 2. The van der Waals surface area contributed by atoms with Gasteiger partial charge in [-0.15, -0.1) is 0 Å². The summed E-state index contributed by atoms with van der Waals surface area (Å²) in [4.78, 5) is 23.5. The Morgan fingerprint density at radius 2 is 1.88 bits per heavy atom. The van der Waals surface area contributed by atoms with E-state index in [0.29, 0.717) is 17.1 Å². The predicted molar refractivity (Wildman–Crippen MR) is 92.8 cm³/mol. The summed E-state index contributed by atoms with van der Waals surface area (Å²) in [6.45, 7) is 0. The quantitative estimate of drug-likeness (QED) is 0.755. The molecule has 1 amide bonds. The number of ether oxygens (including phenoxy) is 2. The Hall–Kier alpha value is -3.09. The Labute approximate surface area is 150 Å². The molecule has 1 unspecified atom stereocenters. The van der Waals surface area contributed by atoms with Crippen LogP contribution in [0, 0.1) is 5.82 Å². The number of carboxylic acids is 1. The van der Waals surface area contributed by atoms with Crippen molar-refractivity contribution in [1.29, 1.82) is 0 Å². The molecule has 2 aromatic rings. The van der Waals surface area contributed by atoms with Crippen molar-refractivity contribution >= 4 is 11.9 Å². The van der Waals surface area contributed by atoms with Crippen LogP contribution in [0.1, 0.15) is 23.6 Å². The van der Waals surface area contributed by atoms with Crippen molar-refractivity contribution in [2.75, 3.05) is 14.2 Å². The Kier molecular flexibility index (Phi) is 6.54. The van der Waals surface area contributed by atoms with Gasteiger partial charge in [0.1, 0.15) is 17.3 Å². The molecule has 0 aliphatic heterocycles. The van der Waals surface area contributed by atoms with E-state index in [1.54, 1.807) is 24.3 Å². The third-order valence-electron chi connectivity index (χ3n) is 3.84. The monoisotopic (exact) mass is 361 g/mol. The van der Waals surface area contributed by atoms with E-state index in [9.17, 15) is 19.1 Å². The van der Waals surface area contributed by atoms with E-state index in [0.717, 1.165) is 0 Å². The van der Waals surface area contributed by atoms with Crippen molar-refractivity contribution in [3.63, 3.8) is 0 Å².